The third-order valence-electron chi connectivity index (χ3n) is 5.24. The molecule has 0 radical (unpaired) electrons. The maximum atomic E-state index is 9.27. The zero-order valence-corrected chi connectivity index (χ0v) is 13.9. The van der Waals surface area contributed by atoms with Crippen LogP contribution in [0.15, 0.2) is 11.4 Å². The van der Waals surface area contributed by atoms with E-state index in [4.69, 9.17) is 0 Å². The number of likely N-dealkylation sites (tertiary alicyclic amines) is 2. The summed E-state index contributed by atoms with van der Waals surface area (Å²) >= 11 is 1.90. The van der Waals surface area contributed by atoms with Gasteiger partial charge in [0, 0.05) is 30.6 Å². The molecule has 3 rings (SSSR count). The second-order valence-electron chi connectivity index (χ2n) is 6.72. The number of aryl methyl sites for hydroxylation is 1. The van der Waals surface area contributed by atoms with Gasteiger partial charge in [-0.1, -0.05) is 0 Å². The molecule has 3 heterocycles. The lowest BCUT2D eigenvalue weighted by Crippen LogP contribution is -2.50. The van der Waals surface area contributed by atoms with Crippen LogP contribution in [0.25, 0.3) is 0 Å². The lowest BCUT2D eigenvalue weighted by molar-refractivity contribution is 0.0546. The van der Waals surface area contributed by atoms with E-state index in [1.54, 1.807) is 0 Å². The average Bonchev–Trinajstić information content (AvgIpc) is 2.93. The summed E-state index contributed by atoms with van der Waals surface area (Å²) in [7, 11) is 0. The fourth-order valence-corrected chi connectivity index (χ4v) is 4.69. The number of nitrogens with zero attached hydrogens (tertiary/aromatic N) is 2. The van der Waals surface area contributed by atoms with Crippen molar-refractivity contribution in [1.82, 2.24) is 9.80 Å². The van der Waals surface area contributed by atoms with Crippen molar-refractivity contribution in [1.29, 1.82) is 0 Å². The highest BCUT2D eigenvalue weighted by Crippen LogP contribution is 2.25. The summed E-state index contributed by atoms with van der Waals surface area (Å²) in [5.41, 5.74) is 1.45. The fraction of sp³-hybridized carbons (Fsp3) is 0.765. The molecule has 0 bridgehead atoms. The van der Waals surface area contributed by atoms with Crippen LogP contribution in [0.1, 0.15) is 36.1 Å². The molecular weight excluding hydrogens is 280 g/mol. The van der Waals surface area contributed by atoms with Crippen LogP contribution in [0.3, 0.4) is 0 Å². The molecule has 0 aliphatic carbocycles. The van der Waals surface area contributed by atoms with Gasteiger partial charge in [-0.3, -0.25) is 9.80 Å². The van der Waals surface area contributed by atoms with E-state index in [-0.39, 0.29) is 0 Å². The molecule has 2 aliphatic heterocycles. The molecule has 1 unspecified atom stereocenters. The zero-order valence-electron chi connectivity index (χ0n) is 13.1. The highest BCUT2D eigenvalue weighted by molar-refractivity contribution is 7.10. The number of thiophene rings is 1. The van der Waals surface area contributed by atoms with Crippen LogP contribution >= 0.6 is 11.3 Å². The Morgan fingerprint density at radius 3 is 2.71 bits per heavy atom. The summed E-state index contributed by atoms with van der Waals surface area (Å²) in [6.45, 7) is 8.58. The molecule has 1 atom stereocenters. The van der Waals surface area contributed by atoms with Gasteiger partial charge in [-0.2, -0.15) is 0 Å². The molecular formula is C17H28N2OS. The number of aliphatic hydroxyl groups is 1. The molecule has 4 heteroatoms. The highest BCUT2D eigenvalue weighted by Gasteiger charge is 2.28. The van der Waals surface area contributed by atoms with E-state index in [9.17, 15) is 5.11 Å². The van der Waals surface area contributed by atoms with Crippen LogP contribution in [0.5, 0.6) is 0 Å². The molecule has 3 nitrogen and oxygen atoms in total. The van der Waals surface area contributed by atoms with Crippen molar-refractivity contribution >= 4 is 11.3 Å². The van der Waals surface area contributed by atoms with E-state index in [0.29, 0.717) is 12.5 Å². The van der Waals surface area contributed by atoms with E-state index in [1.165, 1.54) is 62.3 Å². The van der Waals surface area contributed by atoms with E-state index < -0.39 is 0 Å². The first-order valence-corrected chi connectivity index (χ1v) is 9.24. The molecule has 1 aromatic heterocycles. The van der Waals surface area contributed by atoms with Crippen LogP contribution in [0.2, 0.25) is 0 Å². The van der Waals surface area contributed by atoms with Crippen LogP contribution < -0.4 is 0 Å². The van der Waals surface area contributed by atoms with Gasteiger partial charge in [-0.05, 0) is 75.2 Å². The zero-order chi connectivity index (χ0) is 14.7. The molecule has 2 fully saturated rings. The number of hydrogen-bond acceptors (Lipinski definition) is 4. The molecule has 1 N–H and O–H groups in total. The normalized spacial score (nSPS) is 26.3. The number of piperidine rings is 2. The minimum atomic E-state index is 0.377. The molecule has 2 saturated heterocycles. The van der Waals surface area contributed by atoms with Gasteiger partial charge in [0.25, 0.3) is 0 Å². The van der Waals surface area contributed by atoms with Crippen LogP contribution in [0.4, 0.5) is 0 Å². The van der Waals surface area contributed by atoms with Crippen molar-refractivity contribution in [3.63, 3.8) is 0 Å². The first-order valence-electron chi connectivity index (χ1n) is 8.36. The largest absolute Gasteiger partial charge is 0.396 e. The summed E-state index contributed by atoms with van der Waals surface area (Å²) in [5.74, 6) is 0.551. The van der Waals surface area contributed by atoms with E-state index >= 15 is 0 Å². The number of aliphatic hydroxyl groups excluding tert-OH is 1. The van der Waals surface area contributed by atoms with E-state index in [2.05, 4.69) is 28.2 Å². The number of rotatable bonds is 4. The first kappa shape index (κ1) is 15.5. The SMILES string of the molecule is Cc1ccsc1CN1CCCC(N2CCC(CO)CC2)C1. The van der Waals surface area contributed by atoms with Crippen molar-refractivity contribution in [2.24, 2.45) is 5.92 Å². The maximum absolute atomic E-state index is 9.27. The van der Waals surface area contributed by atoms with E-state index in [0.717, 1.165) is 12.6 Å². The smallest absolute Gasteiger partial charge is 0.0460 e. The Labute approximate surface area is 132 Å². The minimum absolute atomic E-state index is 0.377. The fourth-order valence-electron chi connectivity index (χ4n) is 3.74. The van der Waals surface area contributed by atoms with Gasteiger partial charge in [0.15, 0.2) is 0 Å². The first-order chi connectivity index (χ1) is 10.3. The Kier molecular flexibility index (Phi) is 5.33. The van der Waals surface area contributed by atoms with Gasteiger partial charge in [0.2, 0.25) is 0 Å². The Morgan fingerprint density at radius 1 is 1.24 bits per heavy atom. The van der Waals surface area contributed by atoms with Gasteiger partial charge >= 0.3 is 0 Å². The lowest BCUT2D eigenvalue weighted by atomic mass is 9.94. The molecule has 1 aromatic rings. The minimum Gasteiger partial charge on any atom is -0.396 e. The van der Waals surface area contributed by atoms with Gasteiger partial charge in [-0.15, -0.1) is 11.3 Å². The summed E-state index contributed by atoms with van der Waals surface area (Å²) in [6, 6.07) is 2.97. The predicted octanol–water partition coefficient (Wildman–Crippen LogP) is 2.73. The third kappa shape index (κ3) is 3.86. The van der Waals surface area contributed by atoms with E-state index in [1.807, 2.05) is 11.3 Å². The predicted molar refractivity (Wildman–Crippen MR) is 88.7 cm³/mol. The van der Waals surface area contributed by atoms with Crippen LogP contribution in [0, 0.1) is 12.8 Å². The van der Waals surface area contributed by atoms with Crippen LogP contribution in [-0.2, 0) is 6.54 Å². The Morgan fingerprint density at radius 2 is 2.05 bits per heavy atom. The second kappa shape index (κ2) is 7.23. The van der Waals surface area contributed by atoms with Gasteiger partial charge in [-0.25, -0.2) is 0 Å². The quantitative estimate of drug-likeness (QED) is 0.926. The molecule has 0 saturated carbocycles. The second-order valence-corrected chi connectivity index (χ2v) is 7.72. The Bertz CT molecular complexity index is 440. The molecule has 0 amide bonds. The molecule has 0 aromatic carbocycles. The molecule has 21 heavy (non-hydrogen) atoms. The maximum Gasteiger partial charge on any atom is 0.0460 e. The van der Waals surface area contributed by atoms with Crippen molar-refractivity contribution in [3.05, 3.63) is 21.9 Å². The third-order valence-corrected chi connectivity index (χ3v) is 6.25. The monoisotopic (exact) mass is 308 g/mol. The lowest BCUT2D eigenvalue weighted by Gasteiger charge is -2.42. The average molecular weight is 308 g/mol. The number of hydrogen-bond donors (Lipinski definition) is 1. The molecule has 2 aliphatic rings. The highest BCUT2D eigenvalue weighted by atomic mass is 32.1. The summed E-state index contributed by atoms with van der Waals surface area (Å²) < 4.78 is 0. The summed E-state index contributed by atoms with van der Waals surface area (Å²) in [6.07, 6.45) is 5.03. The van der Waals surface area contributed by atoms with Crippen molar-refractivity contribution in [3.8, 4) is 0 Å². The van der Waals surface area contributed by atoms with Gasteiger partial charge < -0.3 is 5.11 Å². The van der Waals surface area contributed by atoms with Gasteiger partial charge in [0.05, 0.1) is 0 Å². The summed E-state index contributed by atoms with van der Waals surface area (Å²) in [5, 5.41) is 11.5. The van der Waals surface area contributed by atoms with Gasteiger partial charge in [0.1, 0.15) is 0 Å². The topological polar surface area (TPSA) is 26.7 Å². The molecule has 0 spiro atoms. The van der Waals surface area contributed by atoms with Crippen molar-refractivity contribution < 1.29 is 5.11 Å². The van der Waals surface area contributed by atoms with Crippen molar-refractivity contribution in [2.75, 3.05) is 32.8 Å². The summed E-state index contributed by atoms with van der Waals surface area (Å²) in [4.78, 5) is 6.86. The van der Waals surface area contributed by atoms with Crippen molar-refractivity contribution in [2.45, 2.75) is 45.2 Å². The standard InChI is InChI=1S/C17H28N2OS/c1-14-6-10-21-17(14)12-18-7-2-3-16(11-18)19-8-4-15(13-20)5-9-19/h6,10,15-16,20H,2-5,7-9,11-13H2,1H3. The van der Waals surface area contributed by atoms with Crippen LogP contribution in [-0.4, -0.2) is 53.7 Å². The molecule has 118 valence electrons. The Hall–Kier alpha value is -0.420. The Balaban J connectivity index is 1.52.